The summed E-state index contributed by atoms with van der Waals surface area (Å²) >= 11 is 2.96. The van der Waals surface area contributed by atoms with E-state index in [4.69, 9.17) is 4.42 Å². The summed E-state index contributed by atoms with van der Waals surface area (Å²) in [5.41, 5.74) is 0.941. The summed E-state index contributed by atoms with van der Waals surface area (Å²) in [6, 6.07) is 11.0. The van der Waals surface area contributed by atoms with Crippen molar-refractivity contribution in [1.29, 1.82) is 0 Å². The lowest BCUT2D eigenvalue weighted by atomic mass is 10.3. The summed E-state index contributed by atoms with van der Waals surface area (Å²) in [6.45, 7) is 0.218. The van der Waals surface area contributed by atoms with Crippen LogP contribution >= 0.6 is 23.1 Å². The molecule has 0 unspecified atom stereocenters. The predicted molar refractivity (Wildman–Crippen MR) is 92.2 cm³/mol. The van der Waals surface area contributed by atoms with Crippen molar-refractivity contribution in [3.05, 3.63) is 47.9 Å². The van der Waals surface area contributed by atoms with Crippen molar-refractivity contribution in [1.82, 2.24) is 10.3 Å². The standard InChI is InChI=1S/C16H14N2O4S2/c1-21-15(20)12-7-6-10(22-12)8-17-14(19)9-23-16-18-11-4-2-3-5-13(11)24-16/h2-7H,8-9H2,1H3,(H,17,19). The predicted octanol–water partition coefficient (Wildman–Crippen LogP) is 3.08. The average Bonchev–Trinajstić information content (AvgIpc) is 3.23. The third-order valence-corrected chi connectivity index (χ3v) is 5.29. The van der Waals surface area contributed by atoms with Crippen molar-refractivity contribution < 1.29 is 18.7 Å². The number of furan rings is 1. The molecule has 2 aromatic heterocycles. The maximum absolute atomic E-state index is 11.9. The molecular formula is C16H14N2O4S2. The minimum absolute atomic E-state index is 0.116. The normalized spacial score (nSPS) is 10.7. The van der Waals surface area contributed by atoms with Gasteiger partial charge >= 0.3 is 5.97 Å². The number of carbonyl (C=O) groups excluding carboxylic acids is 2. The molecule has 0 aliphatic heterocycles. The fourth-order valence-corrected chi connectivity index (χ4v) is 3.86. The highest BCUT2D eigenvalue weighted by Crippen LogP contribution is 2.29. The summed E-state index contributed by atoms with van der Waals surface area (Å²) in [5, 5.41) is 2.74. The fraction of sp³-hybridized carbons (Fsp3) is 0.188. The Kier molecular flexibility index (Phi) is 5.17. The number of ether oxygens (including phenoxy) is 1. The van der Waals surface area contributed by atoms with Gasteiger partial charge in [-0.05, 0) is 24.3 Å². The Hall–Kier alpha value is -2.32. The molecule has 1 aromatic carbocycles. The van der Waals surface area contributed by atoms with E-state index in [1.165, 1.54) is 24.9 Å². The second-order valence-electron chi connectivity index (χ2n) is 4.77. The summed E-state index contributed by atoms with van der Waals surface area (Å²) in [6.07, 6.45) is 0. The molecule has 0 aliphatic rings. The number of hydrogen-bond donors (Lipinski definition) is 1. The summed E-state index contributed by atoms with van der Waals surface area (Å²) < 4.78 is 11.8. The van der Waals surface area contributed by atoms with Gasteiger partial charge in [-0.2, -0.15) is 0 Å². The lowest BCUT2D eigenvalue weighted by Crippen LogP contribution is -2.24. The Morgan fingerprint density at radius 1 is 1.29 bits per heavy atom. The molecule has 24 heavy (non-hydrogen) atoms. The van der Waals surface area contributed by atoms with E-state index in [9.17, 15) is 9.59 Å². The largest absolute Gasteiger partial charge is 0.463 e. The molecule has 0 fully saturated rings. The van der Waals surface area contributed by atoms with Crippen LogP contribution in [0.4, 0.5) is 0 Å². The fourth-order valence-electron chi connectivity index (χ4n) is 1.96. The van der Waals surface area contributed by atoms with Crippen molar-refractivity contribution in [3.8, 4) is 0 Å². The van der Waals surface area contributed by atoms with Gasteiger partial charge in [-0.1, -0.05) is 23.9 Å². The van der Waals surface area contributed by atoms with E-state index in [1.807, 2.05) is 24.3 Å². The first-order valence-corrected chi connectivity index (χ1v) is 8.88. The van der Waals surface area contributed by atoms with Crippen LogP contribution in [0.1, 0.15) is 16.3 Å². The summed E-state index contributed by atoms with van der Waals surface area (Å²) in [4.78, 5) is 27.7. The van der Waals surface area contributed by atoms with Gasteiger partial charge in [0.15, 0.2) is 4.34 Å². The maximum Gasteiger partial charge on any atom is 0.373 e. The smallest absolute Gasteiger partial charge is 0.373 e. The van der Waals surface area contributed by atoms with Gasteiger partial charge in [0.25, 0.3) is 0 Å². The average molecular weight is 362 g/mol. The molecule has 0 atom stereocenters. The highest BCUT2D eigenvalue weighted by atomic mass is 32.2. The van der Waals surface area contributed by atoms with Crippen molar-refractivity contribution in [3.63, 3.8) is 0 Å². The number of amides is 1. The van der Waals surface area contributed by atoms with Gasteiger partial charge in [0, 0.05) is 0 Å². The maximum atomic E-state index is 11.9. The molecule has 0 aliphatic carbocycles. The van der Waals surface area contributed by atoms with Crippen LogP contribution in [0, 0.1) is 0 Å². The first-order valence-electron chi connectivity index (χ1n) is 7.08. The number of fused-ring (bicyclic) bond motifs is 1. The molecule has 0 spiro atoms. The molecule has 1 N–H and O–H groups in total. The van der Waals surface area contributed by atoms with Crippen molar-refractivity contribution in [2.24, 2.45) is 0 Å². The Morgan fingerprint density at radius 2 is 2.12 bits per heavy atom. The van der Waals surface area contributed by atoms with E-state index >= 15 is 0 Å². The number of rotatable bonds is 6. The molecule has 2 heterocycles. The minimum atomic E-state index is -0.543. The van der Waals surface area contributed by atoms with Gasteiger partial charge < -0.3 is 14.5 Å². The van der Waals surface area contributed by atoms with Gasteiger partial charge in [0.05, 0.1) is 29.6 Å². The molecule has 0 saturated heterocycles. The lowest BCUT2D eigenvalue weighted by molar-refractivity contribution is -0.118. The molecule has 124 valence electrons. The number of carbonyl (C=O) groups is 2. The lowest BCUT2D eigenvalue weighted by Gasteiger charge is -2.01. The summed E-state index contributed by atoms with van der Waals surface area (Å²) in [5.74, 6) is 0.207. The molecule has 0 radical (unpaired) electrons. The van der Waals surface area contributed by atoms with Gasteiger partial charge in [-0.25, -0.2) is 9.78 Å². The molecular weight excluding hydrogens is 348 g/mol. The van der Waals surface area contributed by atoms with E-state index in [1.54, 1.807) is 17.4 Å². The van der Waals surface area contributed by atoms with Crippen LogP contribution in [0.5, 0.6) is 0 Å². The van der Waals surface area contributed by atoms with Crippen molar-refractivity contribution in [2.75, 3.05) is 12.9 Å². The molecule has 3 rings (SSSR count). The second kappa shape index (κ2) is 7.50. The van der Waals surface area contributed by atoms with Crippen LogP contribution in [-0.2, 0) is 16.1 Å². The highest BCUT2D eigenvalue weighted by Gasteiger charge is 2.12. The van der Waals surface area contributed by atoms with Gasteiger partial charge in [0.1, 0.15) is 5.76 Å². The number of methoxy groups -OCH3 is 1. The van der Waals surface area contributed by atoms with E-state index in [2.05, 4.69) is 15.0 Å². The van der Waals surface area contributed by atoms with Gasteiger partial charge in [-0.3, -0.25) is 4.79 Å². The molecule has 8 heteroatoms. The Bertz CT molecular complexity index is 839. The number of nitrogens with one attached hydrogen (secondary N) is 1. The quantitative estimate of drug-likeness (QED) is 0.536. The van der Waals surface area contributed by atoms with Crippen LogP contribution in [-0.4, -0.2) is 29.7 Å². The van der Waals surface area contributed by atoms with Crippen molar-refractivity contribution >= 4 is 45.2 Å². The molecule has 1 amide bonds. The van der Waals surface area contributed by atoms with E-state index in [0.29, 0.717) is 5.76 Å². The SMILES string of the molecule is COC(=O)c1ccc(CNC(=O)CSc2nc3ccccc3s2)o1. The number of aromatic nitrogens is 1. The Labute approximate surface area is 146 Å². The Balaban J connectivity index is 1.49. The first kappa shape index (κ1) is 16.5. The monoisotopic (exact) mass is 362 g/mol. The third-order valence-electron chi connectivity index (χ3n) is 3.11. The molecule has 6 nitrogen and oxygen atoms in total. The van der Waals surface area contributed by atoms with Crippen LogP contribution in [0.15, 0.2) is 45.2 Å². The number of hydrogen-bond acceptors (Lipinski definition) is 7. The third kappa shape index (κ3) is 3.95. The molecule has 0 bridgehead atoms. The van der Waals surface area contributed by atoms with Gasteiger partial charge in [-0.15, -0.1) is 11.3 Å². The highest BCUT2D eigenvalue weighted by molar-refractivity contribution is 8.01. The zero-order chi connectivity index (χ0) is 16.9. The number of thiazole rings is 1. The van der Waals surface area contributed by atoms with Crippen LogP contribution in [0.25, 0.3) is 10.2 Å². The minimum Gasteiger partial charge on any atom is -0.463 e. The second-order valence-corrected chi connectivity index (χ2v) is 7.02. The zero-order valence-electron chi connectivity index (χ0n) is 12.8. The van der Waals surface area contributed by atoms with Crippen LogP contribution in [0.2, 0.25) is 0 Å². The number of thioether (sulfide) groups is 1. The Morgan fingerprint density at radius 3 is 2.92 bits per heavy atom. The van der Waals surface area contributed by atoms with Crippen LogP contribution in [0.3, 0.4) is 0 Å². The molecule has 0 saturated carbocycles. The number of esters is 1. The summed E-state index contributed by atoms with van der Waals surface area (Å²) in [7, 11) is 1.28. The van der Waals surface area contributed by atoms with E-state index in [-0.39, 0.29) is 24.0 Å². The van der Waals surface area contributed by atoms with Crippen LogP contribution < -0.4 is 5.32 Å². The first-order chi connectivity index (χ1) is 11.7. The number of nitrogens with zero attached hydrogens (tertiary/aromatic N) is 1. The van der Waals surface area contributed by atoms with E-state index < -0.39 is 5.97 Å². The van der Waals surface area contributed by atoms with E-state index in [0.717, 1.165) is 14.6 Å². The topological polar surface area (TPSA) is 81.4 Å². The zero-order valence-corrected chi connectivity index (χ0v) is 14.4. The van der Waals surface area contributed by atoms with Crippen molar-refractivity contribution in [2.45, 2.75) is 10.9 Å². The molecule has 3 aromatic rings. The number of benzene rings is 1. The van der Waals surface area contributed by atoms with Gasteiger partial charge in [0.2, 0.25) is 11.7 Å². The number of para-hydroxylation sites is 1.